The highest BCUT2D eigenvalue weighted by Crippen LogP contribution is 2.31. The zero-order valence-electron chi connectivity index (χ0n) is 12.4. The van der Waals surface area contributed by atoms with Gasteiger partial charge in [0.25, 0.3) is 0 Å². The molecule has 1 aliphatic heterocycles. The molecule has 1 aliphatic rings. The van der Waals surface area contributed by atoms with Crippen LogP contribution in [0.2, 0.25) is 0 Å². The van der Waals surface area contributed by atoms with E-state index in [1.165, 1.54) is 11.1 Å². The predicted octanol–water partition coefficient (Wildman–Crippen LogP) is 2.90. The summed E-state index contributed by atoms with van der Waals surface area (Å²) in [5, 5.41) is 3.54. The monoisotopic (exact) mass is 260 g/mol. The molecule has 0 aliphatic carbocycles. The summed E-state index contributed by atoms with van der Waals surface area (Å²) in [5.41, 5.74) is 3.69. The summed E-state index contributed by atoms with van der Waals surface area (Å²) in [5.74, 6) is 0.772. The van der Waals surface area contributed by atoms with Crippen molar-refractivity contribution in [1.82, 2.24) is 5.32 Å². The van der Waals surface area contributed by atoms with Crippen LogP contribution in [0.4, 0.5) is 5.69 Å². The van der Waals surface area contributed by atoms with E-state index in [1.54, 1.807) is 4.90 Å². The van der Waals surface area contributed by atoms with Crippen molar-refractivity contribution in [1.29, 1.82) is 0 Å². The quantitative estimate of drug-likeness (QED) is 0.903. The zero-order valence-corrected chi connectivity index (χ0v) is 12.4. The van der Waals surface area contributed by atoms with Gasteiger partial charge in [-0.1, -0.05) is 32.9 Å². The first-order chi connectivity index (χ1) is 9.04. The predicted molar refractivity (Wildman–Crippen MR) is 79.4 cm³/mol. The summed E-state index contributed by atoms with van der Waals surface area (Å²) in [6, 6.07) is 6.90. The van der Waals surface area contributed by atoms with Gasteiger partial charge in [0, 0.05) is 25.2 Å². The minimum absolute atomic E-state index is 0.215. The standard InChI is InChI=1S/C16H24N2O/c1-5-17-16(11(2)3)13-6-8-14-12(10-13)7-9-15(19)18(14)4/h6,8,10-11,16-17H,5,7,9H2,1-4H3. The Morgan fingerprint density at radius 2 is 2.05 bits per heavy atom. The first-order valence-corrected chi connectivity index (χ1v) is 7.17. The third kappa shape index (κ3) is 2.81. The minimum atomic E-state index is 0.215. The second-order valence-electron chi connectivity index (χ2n) is 5.62. The fourth-order valence-electron chi connectivity index (χ4n) is 2.83. The highest BCUT2D eigenvalue weighted by Gasteiger charge is 2.22. The Bertz CT molecular complexity index is 468. The van der Waals surface area contributed by atoms with Crippen molar-refractivity contribution in [3.05, 3.63) is 29.3 Å². The van der Waals surface area contributed by atoms with Gasteiger partial charge < -0.3 is 10.2 Å². The fourth-order valence-corrected chi connectivity index (χ4v) is 2.83. The van der Waals surface area contributed by atoms with E-state index in [-0.39, 0.29) is 5.91 Å². The number of benzene rings is 1. The van der Waals surface area contributed by atoms with Crippen LogP contribution in [0.1, 0.15) is 44.4 Å². The summed E-state index contributed by atoms with van der Waals surface area (Å²) in [4.78, 5) is 13.5. The van der Waals surface area contributed by atoms with Crippen LogP contribution in [-0.4, -0.2) is 19.5 Å². The number of aryl methyl sites for hydroxylation is 1. The van der Waals surface area contributed by atoms with E-state index < -0.39 is 0 Å². The maximum absolute atomic E-state index is 11.7. The first kappa shape index (κ1) is 14.1. The Balaban J connectivity index is 2.32. The third-order valence-electron chi connectivity index (χ3n) is 3.90. The van der Waals surface area contributed by atoms with Crippen LogP contribution in [0.25, 0.3) is 0 Å². The number of hydrogen-bond acceptors (Lipinski definition) is 2. The van der Waals surface area contributed by atoms with E-state index in [0.717, 1.165) is 18.7 Å². The molecule has 0 bridgehead atoms. The molecular weight excluding hydrogens is 236 g/mol. The van der Waals surface area contributed by atoms with Crippen LogP contribution in [0, 0.1) is 5.92 Å². The Labute approximate surface area is 116 Å². The van der Waals surface area contributed by atoms with Gasteiger partial charge in [-0.15, -0.1) is 0 Å². The van der Waals surface area contributed by atoms with Crippen LogP contribution < -0.4 is 10.2 Å². The molecule has 0 saturated carbocycles. The summed E-state index contributed by atoms with van der Waals surface area (Å²) < 4.78 is 0. The van der Waals surface area contributed by atoms with Gasteiger partial charge in [-0.25, -0.2) is 0 Å². The third-order valence-corrected chi connectivity index (χ3v) is 3.90. The lowest BCUT2D eigenvalue weighted by Crippen LogP contribution is -2.31. The number of carbonyl (C=O) groups excluding carboxylic acids is 1. The van der Waals surface area contributed by atoms with E-state index in [0.29, 0.717) is 18.4 Å². The molecule has 0 saturated heterocycles. The van der Waals surface area contributed by atoms with Gasteiger partial charge in [-0.3, -0.25) is 4.79 Å². The average molecular weight is 260 g/mol. The molecule has 0 aromatic heterocycles. The smallest absolute Gasteiger partial charge is 0.227 e. The fraction of sp³-hybridized carbons (Fsp3) is 0.562. The number of anilines is 1. The van der Waals surface area contributed by atoms with Crippen molar-refractivity contribution in [2.45, 2.75) is 39.7 Å². The molecule has 1 heterocycles. The maximum atomic E-state index is 11.7. The van der Waals surface area contributed by atoms with Crippen LogP contribution in [0.5, 0.6) is 0 Å². The molecule has 19 heavy (non-hydrogen) atoms. The summed E-state index contributed by atoms with van der Waals surface area (Å²) in [6.07, 6.45) is 1.49. The van der Waals surface area contributed by atoms with Crippen molar-refractivity contribution in [3.63, 3.8) is 0 Å². The Morgan fingerprint density at radius 1 is 1.32 bits per heavy atom. The van der Waals surface area contributed by atoms with Gasteiger partial charge in [-0.05, 0) is 36.1 Å². The zero-order chi connectivity index (χ0) is 14.0. The van der Waals surface area contributed by atoms with Crippen LogP contribution in [0.3, 0.4) is 0 Å². The Morgan fingerprint density at radius 3 is 2.68 bits per heavy atom. The molecular formula is C16H24N2O. The average Bonchev–Trinajstić information content (AvgIpc) is 2.39. The summed E-state index contributed by atoms with van der Waals surface area (Å²) in [7, 11) is 1.87. The molecule has 1 aromatic rings. The molecule has 3 nitrogen and oxygen atoms in total. The number of hydrogen-bond donors (Lipinski definition) is 1. The van der Waals surface area contributed by atoms with Crippen LogP contribution in [-0.2, 0) is 11.2 Å². The molecule has 0 radical (unpaired) electrons. The minimum Gasteiger partial charge on any atom is -0.315 e. The van der Waals surface area contributed by atoms with E-state index in [4.69, 9.17) is 0 Å². The molecule has 1 amide bonds. The number of nitrogens with one attached hydrogen (secondary N) is 1. The topological polar surface area (TPSA) is 32.3 Å². The molecule has 1 aromatic carbocycles. The van der Waals surface area contributed by atoms with Crippen molar-refractivity contribution in [2.75, 3.05) is 18.5 Å². The second kappa shape index (κ2) is 5.74. The van der Waals surface area contributed by atoms with E-state index in [2.05, 4.69) is 44.3 Å². The number of nitrogens with zero attached hydrogens (tertiary/aromatic N) is 1. The van der Waals surface area contributed by atoms with Gasteiger partial charge in [0.05, 0.1) is 0 Å². The van der Waals surface area contributed by atoms with Crippen LogP contribution in [0.15, 0.2) is 18.2 Å². The Hall–Kier alpha value is -1.35. The Kier molecular flexibility index (Phi) is 4.25. The van der Waals surface area contributed by atoms with E-state index in [9.17, 15) is 4.79 Å². The lowest BCUT2D eigenvalue weighted by atomic mass is 9.91. The van der Waals surface area contributed by atoms with E-state index >= 15 is 0 Å². The highest BCUT2D eigenvalue weighted by molar-refractivity contribution is 5.95. The number of carbonyl (C=O) groups is 1. The first-order valence-electron chi connectivity index (χ1n) is 7.17. The largest absolute Gasteiger partial charge is 0.315 e. The molecule has 0 spiro atoms. The van der Waals surface area contributed by atoms with Crippen molar-refractivity contribution >= 4 is 11.6 Å². The SMILES string of the molecule is CCNC(c1ccc2c(c1)CCC(=O)N2C)C(C)C. The lowest BCUT2D eigenvalue weighted by molar-refractivity contribution is -0.118. The van der Waals surface area contributed by atoms with Gasteiger partial charge in [0.15, 0.2) is 0 Å². The second-order valence-corrected chi connectivity index (χ2v) is 5.62. The normalized spacial score (nSPS) is 16.7. The van der Waals surface area contributed by atoms with Crippen molar-refractivity contribution in [2.24, 2.45) is 5.92 Å². The molecule has 1 atom stereocenters. The van der Waals surface area contributed by atoms with Gasteiger partial charge in [0.2, 0.25) is 5.91 Å². The molecule has 0 fully saturated rings. The van der Waals surface area contributed by atoms with Crippen molar-refractivity contribution < 1.29 is 4.79 Å². The molecule has 104 valence electrons. The molecule has 2 rings (SSSR count). The van der Waals surface area contributed by atoms with Crippen molar-refractivity contribution in [3.8, 4) is 0 Å². The summed E-state index contributed by atoms with van der Waals surface area (Å²) in [6.45, 7) is 7.59. The van der Waals surface area contributed by atoms with Gasteiger partial charge in [-0.2, -0.15) is 0 Å². The van der Waals surface area contributed by atoms with E-state index in [1.807, 2.05) is 7.05 Å². The number of fused-ring (bicyclic) bond motifs is 1. The molecule has 1 N–H and O–H groups in total. The van der Waals surface area contributed by atoms with Gasteiger partial charge in [0.1, 0.15) is 0 Å². The number of amides is 1. The molecule has 3 heteroatoms. The maximum Gasteiger partial charge on any atom is 0.227 e. The number of rotatable bonds is 4. The lowest BCUT2D eigenvalue weighted by Gasteiger charge is -2.28. The van der Waals surface area contributed by atoms with Crippen LogP contribution >= 0.6 is 0 Å². The summed E-state index contributed by atoms with van der Waals surface area (Å²) >= 11 is 0. The molecule has 1 unspecified atom stereocenters. The highest BCUT2D eigenvalue weighted by atomic mass is 16.2. The van der Waals surface area contributed by atoms with Gasteiger partial charge >= 0.3 is 0 Å².